The van der Waals surface area contributed by atoms with Crippen LogP contribution in [0.2, 0.25) is 0 Å². The highest BCUT2D eigenvalue weighted by Gasteiger charge is 2.49. The Bertz CT molecular complexity index is 1460. The van der Waals surface area contributed by atoms with Crippen molar-refractivity contribution in [3.05, 3.63) is 108 Å². The van der Waals surface area contributed by atoms with Crippen LogP contribution < -0.4 is 10.6 Å². The van der Waals surface area contributed by atoms with Gasteiger partial charge < -0.3 is 35.6 Å². The number of aliphatic carboxylic acids is 2. The van der Waals surface area contributed by atoms with Gasteiger partial charge >= 0.3 is 18.0 Å². The molecule has 3 atom stereocenters. The van der Waals surface area contributed by atoms with Gasteiger partial charge in [-0.2, -0.15) is 0 Å². The smallest absolute Gasteiger partial charge is 0.408 e. The quantitative estimate of drug-likeness (QED) is 0.179. The average molecular weight is 632 g/mol. The average Bonchev–Trinajstić information content (AvgIpc) is 3.44. The van der Waals surface area contributed by atoms with Crippen molar-refractivity contribution in [3.8, 4) is 0 Å². The monoisotopic (exact) mass is 631 g/mol. The lowest BCUT2D eigenvalue weighted by Crippen LogP contribution is -2.64. The van der Waals surface area contributed by atoms with E-state index < -0.39 is 60.0 Å². The van der Waals surface area contributed by atoms with E-state index in [1.165, 1.54) is 0 Å². The summed E-state index contributed by atoms with van der Waals surface area (Å²) in [4.78, 5) is 65.6. The van der Waals surface area contributed by atoms with E-state index in [1.807, 2.05) is 18.2 Å². The lowest BCUT2D eigenvalue weighted by Gasteiger charge is -2.38. The number of aliphatic hydroxyl groups is 1. The molecule has 0 radical (unpaired) electrons. The number of hydrogen-bond acceptors (Lipinski definition) is 7. The van der Waals surface area contributed by atoms with Gasteiger partial charge in [-0.1, -0.05) is 91.0 Å². The third-order valence-corrected chi connectivity index (χ3v) is 7.76. The van der Waals surface area contributed by atoms with Crippen molar-refractivity contribution in [1.82, 2.24) is 15.5 Å². The van der Waals surface area contributed by atoms with E-state index in [0.29, 0.717) is 11.1 Å². The van der Waals surface area contributed by atoms with Crippen LogP contribution in [0.3, 0.4) is 0 Å². The zero-order valence-corrected chi connectivity index (χ0v) is 25.1. The predicted octanol–water partition coefficient (Wildman–Crippen LogP) is 2.53. The summed E-state index contributed by atoms with van der Waals surface area (Å²) in [5.74, 6) is -4.20. The van der Waals surface area contributed by atoms with Crippen molar-refractivity contribution in [2.24, 2.45) is 0 Å². The number of alkyl carbamates (subject to hydrolysis) is 1. The number of hydrogen-bond donors (Lipinski definition) is 5. The Labute approximate surface area is 266 Å². The van der Waals surface area contributed by atoms with Crippen LogP contribution in [0, 0.1) is 0 Å². The van der Waals surface area contributed by atoms with Gasteiger partial charge in [0.2, 0.25) is 11.8 Å². The van der Waals surface area contributed by atoms with Crippen LogP contribution in [0.4, 0.5) is 4.79 Å². The minimum atomic E-state index is -1.70. The molecule has 5 N–H and O–H groups in total. The van der Waals surface area contributed by atoms with Gasteiger partial charge in [-0.25, -0.2) is 9.59 Å². The van der Waals surface area contributed by atoms with Gasteiger partial charge in [0.05, 0.1) is 6.10 Å². The SMILES string of the molecule is O=C(O)CC[C@H](NC(=O)[C@@H]1C[C@@H](O)CN1C(=O)C(Cc1ccccc1)(Cc1ccccc1)NC(=O)OCc1ccccc1)C(=O)O. The summed E-state index contributed by atoms with van der Waals surface area (Å²) in [5, 5.41) is 34.4. The number of β-amino-alcohol motifs (C(OH)–C–C–N with tert-alkyl or cyclic N) is 1. The molecule has 46 heavy (non-hydrogen) atoms. The zero-order valence-electron chi connectivity index (χ0n) is 25.1. The number of amides is 3. The van der Waals surface area contributed by atoms with Crippen molar-refractivity contribution in [2.45, 2.75) is 62.4 Å². The summed E-state index contributed by atoms with van der Waals surface area (Å²) in [6.45, 7) is -0.316. The Balaban J connectivity index is 1.69. The lowest BCUT2D eigenvalue weighted by atomic mass is 9.83. The van der Waals surface area contributed by atoms with Gasteiger partial charge in [0, 0.05) is 32.2 Å². The van der Waals surface area contributed by atoms with Crippen molar-refractivity contribution in [3.63, 3.8) is 0 Å². The Morgan fingerprint density at radius 1 is 0.826 bits per heavy atom. The molecule has 12 heteroatoms. The molecular formula is C34H37N3O9. The maximum Gasteiger partial charge on any atom is 0.408 e. The number of carboxylic acid groups (broad SMARTS) is 2. The number of rotatable bonds is 14. The van der Waals surface area contributed by atoms with Gasteiger partial charge in [0.15, 0.2) is 0 Å². The van der Waals surface area contributed by atoms with Crippen LogP contribution in [-0.4, -0.2) is 80.3 Å². The summed E-state index contributed by atoms with van der Waals surface area (Å²) in [5.41, 5.74) is 0.441. The summed E-state index contributed by atoms with van der Waals surface area (Å²) < 4.78 is 5.53. The molecular weight excluding hydrogens is 594 g/mol. The first kappa shape index (κ1) is 33.7. The fourth-order valence-corrected chi connectivity index (χ4v) is 5.55. The number of nitrogens with one attached hydrogen (secondary N) is 2. The molecule has 242 valence electrons. The molecule has 4 rings (SSSR count). The van der Waals surface area contributed by atoms with Crippen LogP contribution >= 0.6 is 0 Å². The van der Waals surface area contributed by atoms with Crippen molar-refractivity contribution in [2.75, 3.05) is 6.54 Å². The molecule has 0 bridgehead atoms. The predicted molar refractivity (Wildman–Crippen MR) is 165 cm³/mol. The highest BCUT2D eigenvalue weighted by molar-refractivity contribution is 5.96. The van der Waals surface area contributed by atoms with Crippen LogP contribution in [-0.2, 0) is 43.4 Å². The maximum atomic E-state index is 14.8. The Morgan fingerprint density at radius 3 is 1.85 bits per heavy atom. The second-order valence-electron chi connectivity index (χ2n) is 11.3. The molecule has 0 aliphatic carbocycles. The number of likely N-dealkylation sites (tertiary alicyclic amines) is 1. The molecule has 0 spiro atoms. The Morgan fingerprint density at radius 2 is 1.35 bits per heavy atom. The first-order chi connectivity index (χ1) is 22.1. The van der Waals surface area contributed by atoms with Crippen molar-refractivity contribution < 1.29 is 44.0 Å². The van der Waals surface area contributed by atoms with Gasteiger partial charge in [-0.3, -0.25) is 14.4 Å². The second-order valence-corrected chi connectivity index (χ2v) is 11.3. The molecule has 3 aromatic carbocycles. The fraction of sp³-hybridized carbons (Fsp3) is 0.324. The Hall–Kier alpha value is -5.23. The first-order valence-corrected chi connectivity index (χ1v) is 14.9. The minimum Gasteiger partial charge on any atom is -0.481 e. The van der Waals surface area contributed by atoms with Gasteiger partial charge in [0.25, 0.3) is 0 Å². The highest BCUT2D eigenvalue weighted by Crippen LogP contribution is 2.28. The topological polar surface area (TPSA) is 183 Å². The second kappa shape index (κ2) is 15.7. The van der Waals surface area contributed by atoms with E-state index >= 15 is 0 Å². The number of carbonyl (C=O) groups is 5. The van der Waals surface area contributed by atoms with E-state index in [1.54, 1.807) is 72.8 Å². The molecule has 0 saturated carbocycles. The minimum absolute atomic E-state index is 0.000693. The molecule has 0 aromatic heterocycles. The largest absolute Gasteiger partial charge is 0.481 e. The number of ether oxygens (including phenoxy) is 1. The third-order valence-electron chi connectivity index (χ3n) is 7.76. The normalized spacial score (nSPS) is 16.7. The Kier molecular flexibility index (Phi) is 11.5. The summed E-state index contributed by atoms with van der Waals surface area (Å²) >= 11 is 0. The molecule has 1 heterocycles. The molecule has 1 fully saturated rings. The number of carboxylic acids is 2. The standard InChI is InChI=1S/C34H37N3O9/c38-26-18-28(30(41)35-27(31(42)43)16-17-29(39)40)37(21-26)32(44)34(19-23-10-4-1-5-11-23,20-24-12-6-2-7-13-24)36-33(45)46-22-25-14-8-3-9-15-25/h1-15,26-28,38H,16-22H2,(H,35,41)(H,36,45)(H,39,40)(H,42,43)/t26-,27+,28+/m1/s1. The number of benzene rings is 3. The fourth-order valence-electron chi connectivity index (χ4n) is 5.55. The van der Waals surface area contributed by atoms with Crippen LogP contribution in [0.1, 0.15) is 36.0 Å². The van der Waals surface area contributed by atoms with E-state index in [9.17, 15) is 34.2 Å². The van der Waals surface area contributed by atoms with Gasteiger partial charge in [0.1, 0.15) is 24.2 Å². The zero-order chi connectivity index (χ0) is 33.1. The van der Waals surface area contributed by atoms with E-state index in [4.69, 9.17) is 9.84 Å². The summed E-state index contributed by atoms with van der Waals surface area (Å²) in [6, 6.07) is 24.2. The molecule has 3 amide bonds. The molecule has 1 saturated heterocycles. The number of carbonyl (C=O) groups excluding carboxylic acids is 3. The first-order valence-electron chi connectivity index (χ1n) is 14.9. The van der Waals surface area contributed by atoms with E-state index in [0.717, 1.165) is 10.5 Å². The van der Waals surface area contributed by atoms with Crippen molar-refractivity contribution in [1.29, 1.82) is 0 Å². The van der Waals surface area contributed by atoms with Gasteiger partial charge in [-0.15, -0.1) is 0 Å². The number of aliphatic hydroxyl groups excluding tert-OH is 1. The number of nitrogens with zero attached hydrogens (tertiary/aromatic N) is 1. The molecule has 1 aliphatic rings. The van der Waals surface area contributed by atoms with Gasteiger partial charge in [-0.05, 0) is 23.1 Å². The van der Waals surface area contributed by atoms with Crippen LogP contribution in [0.15, 0.2) is 91.0 Å². The summed E-state index contributed by atoms with van der Waals surface area (Å²) in [6.07, 6.45) is -3.05. The van der Waals surface area contributed by atoms with E-state index in [-0.39, 0.29) is 38.8 Å². The van der Waals surface area contributed by atoms with Crippen LogP contribution in [0.5, 0.6) is 0 Å². The molecule has 3 aromatic rings. The van der Waals surface area contributed by atoms with Crippen LogP contribution in [0.25, 0.3) is 0 Å². The molecule has 0 unspecified atom stereocenters. The maximum absolute atomic E-state index is 14.8. The molecule has 12 nitrogen and oxygen atoms in total. The van der Waals surface area contributed by atoms with E-state index in [2.05, 4.69) is 10.6 Å². The lowest BCUT2D eigenvalue weighted by molar-refractivity contribution is -0.146. The third kappa shape index (κ3) is 9.14. The molecule has 1 aliphatic heterocycles. The summed E-state index contributed by atoms with van der Waals surface area (Å²) in [7, 11) is 0. The van der Waals surface area contributed by atoms with Crippen molar-refractivity contribution >= 4 is 29.8 Å². The highest BCUT2D eigenvalue weighted by atomic mass is 16.5.